The molecule has 2 fully saturated rings. The van der Waals surface area contributed by atoms with Crippen molar-refractivity contribution in [1.82, 2.24) is 5.32 Å². The summed E-state index contributed by atoms with van der Waals surface area (Å²) in [4.78, 5) is 12.4. The fourth-order valence-corrected chi connectivity index (χ4v) is 4.23. The van der Waals surface area contributed by atoms with Crippen molar-refractivity contribution in [2.45, 2.75) is 44.6 Å². The predicted octanol–water partition coefficient (Wildman–Crippen LogP) is 2.78. The van der Waals surface area contributed by atoms with E-state index in [1.807, 2.05) is 0 Å². The summed E-state index contributed by atoms with van der Waals surface area (Å²) in [6, 6.07) is 4.06. The molecule has 2 unspecified atom stereocenters. The van der Waals surface area contributed by atoms with Gasteiger partial charge in [-0.1, -0.05) is 12.5 Å². The van der Waals surface area contributed by atoms with Gasteiger partial charge in [-0.15, -0.1) is 0 Å². The van der Waals surface area contributed by atoms with Crippen LogP contribution in [-0.4, -0.2) is 18.5 Å². The van der Waals surface area contributed by atoms with E-state index in [2.05, 4.69) is 5.32 Å². The van der Waals surface area contributed by atoms with Crippen molar-refractivity contribution in [2.24, 2.45) is 23.5 Å². The molecule has 3 N–H and O–H groups in total. The molecule has 126 valence electrons. The van der Waals surface area contributed by atoms with Gasteiger partial charge in [0.1, 0.15) is 11.6 Å². The Morgan fingerprint density at radius 2 is 1.78 bits per heavy atom. The number of benzene rings is 1. The topological polar surface area (TPSA) is 55.1 Å². The maximum absolute atomic E-state index is 13.6. The molecule has 2 saturated carbocycles. The first-order valence-electron chi connectivity index (χ1n) is 8.52. The minimum atomic E-state index is -0.558. The van der Waals surface area contributed by atoms with Crippen LogP contribution in [0, 0.1) is 29.4 Å². The van der Waals surface area contributed by atoms with Crippen LogP contribution in [0.15, 0.2) is 18.2 Å². The number of rotatable bonds is 4. The van der Waals surface area contributed by atoms with Gasteiger partial charge in [-0.05, 0) is 56.1 Å². The van der Waals surface area contributed by atoms with Crippen LogP contribution in [0.25, 0.3) is 0 Å². The number of hydrogen-bond acceptors (Lipinski definition) is 2. The van der Waals surface area contributed by atoms with Gasteiger partial charge in [0.25, 0.3) is 0 Å². The molecule has 2 atom stereocenters. The van der Waals surface area contributed by atoms with Gasteiger partial charge in [0.2, 0.25) is 5.91 Å². The summed E-state index contributed by atoms with van der Waals surface area (Å²) in [7, 11) is 0. The smallest absolute Gasteiger partial charge is 0.223 e. The summed E-state index contributed by atoms with van der Waals surface area (Å²) in [5, 5.41) is 2.85. The van der Waals surface area contributed by atoms with E-state index in [0.717, 1.165) is 25.7 Å². The van der Waals surface area contributed by atoms with E-state index in [1.165, 1.54) is 24.6 Å². The van der Waals surface area contributed by atoms with Gasteiger partial charge < -0.3 is 11.1 Å². The number of fused-ring (bicyclic) bond motifs is 2. The molecule has 3 nitrogen and oxygen atoms in total. The molecule has 2 aliphatic carbocycles. The average molecular weight is 322 g/mol. The number of nitrogens with one attached hydrogen (secondary N) is 1. The second kappa shape index (κ2) is 6.95. The molecule has 2 bridgehead atoms. The second-order valence-corrected chi connectivity index (χ2v) is 6.94. The maximum atomic E-state index is 13.6. The fraction of sp³-hybridized carbons (Fsp3) is 0.611. The summed E-state index contributed by atoms with van der Waals surface area (Å²) >= 11 is 0. The summed E-state index contributed by atoms with van der Waals surface area (Å²) < 4.78 is 27.1. The highest BCUT2D eigenvalue weighted by molar-refractivity contribution is 5.78. The lowest BCUT2D eigenvalue weighted by Crippen LogP contribution is -2.49. The maximum Gasteiger partial charge on any atom is 0.223 e. The standard InChI is InChI=1S/C18H24F2N2O/c19-15-5-2-6-16(20)14(15)7-8-22-18(23)13-9-11-3-1-4-12(10-13)17(11)21/h2,5-6,11-13,17H,1,3-4,7-10,21H2,(H,22,23). The summed E-state index contributed by atoms with van der Waals surface area (Å²) in [6.07, 6.45) is 5.30. The minimum absolute atomic E-state index is 0.00410. The summed E-state index contributed by atoms with van der Waals surface area (Å²) in [5.41, 5.74) is 6.28. The number of carbonyl (C=O) groups is 1. The number of carbonyl (C=O) groups excluding carboxylic acids is 1. The lowest BCUT2D eigenvalue weighted by atomic mass is 9.65. The molecule has 0 aliphatic heterocycles. The van der Waals surface area contributed by atoms with Gasteiger partial charge in [-0.25, -0.2) is 8.78 Å². The number of amides is 1. The Morgan fingerprint density at radius 3 is 2.39 bits per heavy atom. The van der Waals surface area contributed by atoms with Crippen molar-refractivity contribution in [3.63, 3.8) is 0 Å². The number of nitrogens with two attached hydrogens (primary N) is 1. The normalized spacial score (nSPS) is 30.0. The van der Waals surface area contributed by atoms with Crippen molar-refractivity contribution < 1.29 is 13.6 Å². The van der Waals surface area contributed by atoms with Crippen molar-refractivity contribution in [1.29, 1.82) is 0 Å². The van der Waals surface area contributed by atoms with Gasteiger partial charge in [0.05, 0.1) is 0 Å². The zero-order chi connectivity index (χ0) is 16.4. The molecule has 0 heterocycles. The van der Waals surface area contributed by atoms with E-state index in [0.29, 0.717) is 11.8 Å². The monoisotopic (exact) mass is 322 g/mol. The molecule has 5 heteroatoms. The van der Waals surface area contributed by atoms with Crippen molar-refractivity contribution in [2.75, 3.05) is 6.54 Å². The number of hydrogen-bond donors (Lipinski definition) is 2. The summed E-state index contributed by atoms with van der Waals surface area (Å²) in [6.45, 7) is 0.259. The van der Waals surface area contributed by atoms with E-state index < -0.39 is 11.6 Å². The highest BCUT2D eigenvalue weighted by Crippen LogP contribution is 2.41. The Balaban J connectivity index is 1.52. The minimum Gasteiger partial charge on any atom is -0.356 e. The van der Waals surface area contributed by atoms with Crippen molar-refractivity contribution >= 4 is 5.91 Å². The number of halogens is 2. The Hall–Kier alpha value is -1.49. The van der Waals surface area contributed by atoms with Crippen LogP contribution in [-0.2, 0) is 11.2 Å². The Kier molecular flexibility index (Phi) is 4.95. The molecular weight excluding hydrogens is 298 g/mol. The molecule has 0 radical (unpaired) electrons. The largest absolute Gasteiger partial charge is 0.356 e. The van der Waals surface area contributed by atoms with Gasteiger partial charge in [0.15, 0.2) is 0 Å². The quantitative estimate of drug-likeness (QED) is 0.895. The van der Waals surface area contributed by atoms with Crippen LogP contribution in [0.4, 0.5) is 8.78 Å². The molecule has 0 aromatic heterocycles. The van der Waals surface area contributed by atoms with Crippen molar-refractivity contribution in [3.05, 3.63) is 35.4 Å². The van der Waals surface area contributed by atoms with Gasteiger partial charge in [0, 0.05) is 24.1 Å². The average Bonchev–Trinajstić information content (AvgIpc) is 2.49. The molecule has 1 amide bonds. The third-order valence-corrected chi connectivity index (χ3v) is 5.52. The first-order chi connectivity index (χ1) is 11.1. The molecule has 2 aliphatic rings. The first kappa shape index (κ1) is 16.4. The van der Waals surface area contributed by atoms with Gasteiger partial charge in [-0.2, -0.15) is 0 Å². The highest BCUT2D eigenvalue weighted by Gasteiger charge is 2.40. The molecule has 0 spiro atoms. The van der Waals surface area contributed by atoms with Gasteiger partial charge >= 0.3 is 0 Å². The zero-order valence-electron chi connectivity index (χ0n) is 13.2. The van der Waals surface area contributed by atoms with Crippen LogP contribution in [0.5, 0.6) is 0 Å². The SMILES string of the molecule is NC1C2CCCC1CC(C(=O)NCCc1c(F)cccc1F)C2. The van der Waals surface area contributed by atoms with Crippen LogP contribution >= 0.6 is 0 Å². The molecular formula is C18H24F2N2O. The van der Waals surface area contributed by atoms with Crippen LogP contribution in [0.1, 0.15) is 37.7 Å². The predicted molar refractivity (Wildman–Crippen MR) is 84.6 cm³/mol. The van der Waals surface area contributed by atoms with E-state index in [4.69, 9.17) is 5.73 Å². The van der Waals surface area contributed by atoms with E-state index in [1.54, 1.807) is 0 Å². The third-order valence-electron chi connectivity index (χ3n) is 5.52. The highest BCUT2D eigenvalue weighted by atomic mass is 19.1. The van der Waals surface area contributed by atoms with Crippen molar-refractivity contribution in [3.8, 4) is 0 Å². The molecule has 1 aromatic carbocycles. The summed E-state index contributed by atoms with van der Waals surface area (Å²) in [5.74, 6) is -0.222. The lowest BCUT2D eigenvalue weighted by molar-refractivity contribution is -0.127. The van der Waals surface area contributed by atoms with Crippen LogP contribution < -0.4 is 11.1 Å². The molecule has 23 heavy (non-hydrogen) atoms. The van der Waals surface area contributed by atoms with Crippen LogP contribution in [0.2, 0.25) is 0 Å². The molecule has 1 aromatic rings. The Labute approximate surface area is 135 Å². The lowest BCUT2D eigenvalue weighted by Gasteiger charge is -2.43. The Morgan fingerprint density at radius 1 is 1.17 bits per heavy atom. The third kappa shape index (κ3) is 3.55. The molecule has 3 rings (SSSR count). The van der Waals surface area contributed by atoms with E-state index >= 15 is 0 Å². The zero-order valence-corrected chi connectivity index (χ0v) is 13.2. The first-order valence-corrected chi connectivity index (χ1v) is 8.52. The van der Waals surface area contributed by atoms with Gasteiger partial charge in [-0.3, -0.25) is 4.79 Å². The van der Waals surface area contributed by atoms with E-state index in [-0.39, 0.29) is 36.4 Å². The van der Waals surface area contributed by atoms with Crippen LogP contribution in [0.3, 0.4) is 0 Å². The fourth-order valence-electron chi connectivity index (χ4n) is 4.23. The Bertz CT molecular complexity index is 544. The second-order valence-electron chi connectivity index (χ2n) is 6.94. The molecule has 0 saturated heterocycles. The van der Waals surface area contributed by atoms with E-state index in [9.17, 15) is 13.6 Å².